The lowest BCUT2D eigenvalue weighted by atomic mass is 10.0. The maximum absolute atomic E-state index is 13.7. The van der Waals surface area contributed by atoms with E-state index in [1.54, 1.807) is 66.7 Å². The van der Waals surface area contributed by atoms with Gasteiger partial charge in [0, 0.05) is 17.1 Å². The fraction of sp³-hybridized carbons (Fsp3) is 0.0690. The summed E-state index contributed by atoms with van der Waals surface area (Å²) in [6.45, 7) is 3.68. The fourth-order valence-electron chi connectivity index (χ4n) is 4.45. The predicted molar refractivity (Wildman–Crippen MR) is 141 cm³/mol. The highest BCUT2D eigenvalue weighted by atomic mass is 35.5. The maximum Gasteiger partial charge on any atom is 0.343 e. The maximum atomic E-state index is 13.7. The summed E-state index contributed by atoms with van der Waals surface area (Å²) in [7, 11) is 0. The normalized spacial score (nSPS) is 13.9. The summed E-state index contributed by atoms with van der Waals surface area (Å²) in [4.78, 5) is 42.7. The molecule has 5 rings (SSSR count). The highest BCUT2D eigenvalue weighted by Gasteiger charge is 2.43. The Balaban J connectivity index is 1.65. The lowest BCUT2D eigenvalue weighted by molar-refractivity contribution is -0.121. The highest BCUT2D eigenvalue weighted by molar-refractivity contribution is 6.46. The second kappa shape index (κ2) is 9.52. The molecule has 0 atom stereocenters. The van der Waals surface area contributed by atoms with Crippen LogP contribution in [0.25, 0.3) is 11.8 Å². The Morgan fingerprint density at radius 1 is 0.730 bits per heavy atom. The van der Waals surface area contributed by atoms with Gasteiger partial charge in [-0.25, -0.2) is 19.0 Å². The Morgan fingerprint density at radius 3 is 1.78 bits per heavy atom. The molecular formula is C29H21ClFN3O3. The average Bonchev–Trinajstić information content (AvgIpc) is 3.17. The van der Waals surface area contributed by atoms with Gasteiger partial charge in [0.05, 0.1) is 16.4 Å². The van der Waals surface area contributed by atoms with Gasteiger partial charge in [0.15, 0.2) is 0 Å². The first-order valence-corrected chi connectivity index (χ1v) is 11.8. The Hall–Kier alpha value is -4.49. The van der Waals surface area contributed by atoms with Crippen molar-refractivity contribution in [3.05, 3.63) is 118 Å². The van der Waals surface area contributed by atoms with Crippen molar-refractivity contribution in [1.82, 2.24) is 4.57 Å². The van der Waals surface area contributed by atoms with E-state index in [9.17, 15) is 18.8 Å². The number of aryl methyl sites for hydroxylation is 1. The topological polar surface area (TPSA) is 62.6 Å². The highest BCUT2D eigenvalue weighted by Crippen LogP contribution is 2.31. The fourth-order valence-corrected chi connectivity index (χ4v) is 4.62. The monoisotopic (exact) mass is 513 g/mol. The van der Waals surface area contributed by atoms with Gasteiger partial charge in [-0.2, -0.15) is 0 Å². The summed E-state index contributed by atoms with van der Waals surface area (Å²) < 4.78 is 15.6. The zero-order chi connectivity index (χ0) is 26.3. The standard InChI is InChI=1S/C29H21ClFN3O3/c1-18-15-20(19(2)32(18)23-13-14-26(31)25(30)17-23)16-24-27(35)33(21-9-5-3-6-10-21)29(37)34(28(24)36)22-11-7-4-8-12-22/h3-17H,1-2H3. The number of barbiturate groups is 1. The van der Waals surface area contributed by atoms with E-state index in [0.29, 0.717) is 28.3 Å². The first kappa shape index (κ1) is 24.2. The molecule has 2 heterocycles. The largest absolute Gasteiger partial charge is 0.343 e. The number of hydrogen-bond donors (Lipinski definition) is 0. The Morgan fingerprint density at radius 2 is 1.27 bits per heavy atom. The van der Waals surface area contributed by atoms with Gasteiger partial charge in [0.25, 0.3) is 11.8 Å². The molecule has 1 aromatic heterocycles. The molecule has 6 nitrogen and oxygen atoms in total. The summed E-state index contributed by atoms with van der Waals surface area (Å²) in [6, 6.07) is 22.4. The number of hydrogen-bond acceptors (Lipinski definition) is 3. The molecule has 0 aliphatic carbocycles. The van der Waals surface area contributed by atoms with Gasteiger partial charge in [-0.3, -0.25) is 9.59 Å². The first-order chi connectivity index (χ1) is 17.8. The third kappa shape index (κ3) is 4.23. The number of anilines is 2. The third-order valence-electron chi connectivity index (χ3n) is 6.21. The molecule has 37 heavy (non-hydrogen) atoms. The Labute approximate surface area is 217 Å². The van der Waals surface area contributed by atoms with E-state index in [-0.39, 0.29) is 10.6 Å². The number of urea groups is 1. The molecule has 1 fully saturated rings. The van der Waals surface area contributed by atoms with Gasteiger partial charge < -0.3 is 4.57 Å². The molecular weight excluding hydrogens is 493 g/mol. The van der Waals surface area contributed by atoms with Crippen LogP contribution in [-0.4, -0.2) is 22.4 Å². The quantitative estimate of drug-likeness (QED) is 0.232. The van der Waals surface area contributed by atoms with Crippen molar-refractivity contribution >= 4 is 46.9 Å². The van der Waals surface area contributed by atoms with Gasteiger partial charge in [0.2, 0.25) is 0 Å². The summed E-state index contributed by atoms with van der Waals surface area (Å²) >= 11 is 6.00. The summed E-state index contributed by atoms with van der Waals surface area (Å²) in [5.74, 6) is -1.97. The van der Waals surface area contributed by atoms with Gasteiger partial charge in [-0.1, -0.05) is 48.0 Å². The van der Waals surface area contributed by atoms with Gasteiger partial charge >= 0.3 is 6.03 Å². The minimum atomic E-state index is -0.754. The van der Waals surface area contributed by atoms with E-state index in [1.807, 2.05) is 24.5 Å². The molecule has 8 heteroatoms. The molecule has 0 radical (unpaired) electrons. The van der Waals surface area contributed by atoms with Crippen LogP contribution in [0.3, 0.4) is 0 Å². The Bertz CT molecular complexity index is 1520. The first-order valence-electron chi connectivity index (χ1n) is 11.5. The number of imide groups is 2. The van der Waals surface area contributed by atoms with Crippen LogP contribution in [0.5, 0.6) is 0 Å². The Kier molecular flexibility index (Phi) is 6.23. The van der Waals surface area contributed by atoms with Crippen LogP contribution in [0.15, 0.2) is 90.5 Å². The molecule has 0 saturated carbocycles. The number of amides is 4. The van der Waals surface area contributed by atoms with E-state index in [2.05, 4.69) is 0 Å². The SMILES string of the molecule is Cc1cc(C=C2C(=O)N(c3ccccc3)C(=O)N(c3ccccc3)C2=O)c(C)n1-c1ccc(F)c(Cl)c1. The van der Waals surface area contributed by atoms with Crippen LogP contribution in [0.4, 0.5) is 20.6 Å². The molecule has 4 amide bonds. The molecule has 1 aliphatic rings. The van der Waals surface area contributed by atoms with Crippen LogP contribution in [0.1, 0.15) is 17.0 Å². The van der Waals surface area contributed by atoms with Gasteiger partial charge in [-0.05, 0) is 74.0 Å². The molecule has 0 N–H and O–H groups in total. The van der Waals surface area contributed by atoms with Crippen molar-refractivity contribution in [2.75, 3.05) is 9.80 Å². The van der Waals surface area contributed by atoms with Crippen molar-refractivity contribution in [2.45, 2.75) is 13.8 Å². The molecule has 0 unspecified atom stereocenters. The number of carbonyl (C=O) groups is 3. The van der Waals surface area contributed by atoms with E-state index >= 15 is 0 Å². The third-order valence-corrected chi connectivity index (χ3v) is 6.50. The molecule has 0 bridgehead atoms. The lowest BCUT2D eigenvalue weighted by Crippen LogP contribution is -2.57. The minimum absolute atomic E-state index is 0.0157. The molecule has 184 valence electrons. The second-order valence-corrected chi connectivity index (χ2v) is 8.96. The number of benzene rings is 3. The van der Waals surface area contributed by atoms with Crippen LogP contribution in [-0.2, 0) is 9.59 Å². The smallest absolute Gasteiger partial charge is 0.318 e. The number of aromatic nitrogens is 1. The zero-order valence-electron chi connectivity index (χ0n) is 20.0. The lowest BCUT2D eigenvalue weighted by Gasteiger charge is -2.33. The molecule has 1 saturated heterocycles. The van der Waals surface area contributed by atoms with Crippen molar-refractivity contribution < 1.29 is 18.8 Å². The zero-order valence-corrected chi connectivity index (χ0v) is 20.7. The van der Waals surface area contributed by atoms with Gasteiger partial charge in [-0.15, -0.1) is 0 Å². The molecule has 1 aliphatic heterocycles. The van der Waals surface area contributed by atoms with Crippen LogP contribution in [0.2, 0.25) is 5.02 Å². The number of rotatable bonds is 4. The molecule has 3 aromatic carbocycles. The summed E-state index contributed by atoms with van der Waals surface area (Å²) in [5, 5.41) is -0.0157. The number of carbonyl (C=O) groups excluding carboxylic acids is 3. The van der Waals surface area contributed by atoms with Crippen molar-refractivity contribution in [2.24, 2.45) is 0 Å². The van der Waals surface area contributed by atoms with Crippen molar-refractivity contribution in [3.8, 4) is 5.69 Å². The second-order valence-electron chi connectivity index (χ2n) is 8.55. The van der Waals surface area contributed by atoms with E-state index in [0.717, 1.165) is 15.5 Å². The van der Waals surface area contributed by atoms with Crippen LogP contribution in [0, 0.1) is 19.7 Å². The number of para-hydroxylation sites is 2. The van der Waals surface area contributed by atoms with Crippen LogP contribution >= 0.6 is 11.6 Å². The van der Waals surface area contributed by atoms with Crippen molar-refractivity contribution in [3.63, 3.8) is 0 Å². The van der Waals surface area contributed by atoms with Gasteiger partial charge in [0.1, 0.15) is 11.4 Å². The summed E-state index contributed by atoms with van der Waals surface area (Å²) in [5.41, 5.74) is 3.28. The van der Waals surface area contributed by atoms with E-state index < -0.39 is 23.7 Å². The minimum Gasteiger partial charge on any atom is -0.318 e. The number of halogens is 2. The van der Waals surface area contributed by atoms with E-state index in [4.69, 9.17) is 11.6 Å². The average molecular weight is 514 g/mol. The predicted octanol–water partition coefficient (Wildman–Crippen LogP) is 6.47. The van der Waals surface area contributed by atoms with Crippen LogP contribution < -0.4 is 9.80 Å². The summed E-state index contributed by atoms with van der Waals surface area (Å²) in [6.07, 6.45) is 1.49. The van der Waals surface area contributed by atoms with Crippen molar-refractivity contribution in [1.29, 1.82) is 0 Å². The number of nitrogens with zero attached hydrogens (tertiary/aromatic N) is 3. The molecule has 0 spiro atoms. The van der Waals surface area contributed by atoms with E-state index in [1.165, 1.54) is 18.2 Å². The molecule has 4 aromatic rings.